The van der Waals surface area contributed by atoms with Crippen LogP contribution >= 0.6 is 0 Å². The van der Waals surface area contributed by atoms with Crippen LogP contribution in [0.25, 0.3) is 0 Å². The van der Waals surface area contributed by atoms with E-state index in [0.717, 1.165) is 5.54 Å². The molecular formula is C14H32Si2. The molecule has 0 fully saturated rings. The second kappa shape index (κ2) is 6.80. The predicted molar refractivity (Wildman–Crippen MR) is 83.7 cm³/mol. The van der Waals surface area contributed by atoms with E-state index >= 15 is 0 Å². The molecule has 1 atom stereocenters. The molecular weight excluding hydrogens is 224 g/mol. The van der Waals surface area contributed by atoms with Gasteiger partial charge >= 0.3 is 0 Å². The molecule has 96 valence electrons. The van der Waals surface area contributed by atoms with Crippen molar-refractivity contribution in [3.05, 3.63) is 11.8 Å². The van der Waals surface area contributed by atoms with Crippen molar-refractivity contribution in [2.45, 2.75) is 77.4 Å². The summed E-state index contributed by atoms with van der Waals surface area (Å²) in [4.78, 5) is 0. The number of rotatable bonds is 7. The third kappa shape index (κ3) is 7.45. The molecule has 0 rings (SSSR count). The van der Waals surface area contributed by atoms with Gasteiger partial charge in [-0.2, -0.15) is 0 Å². The molecule has 0 N–H and O–H groups in total. The van der Waals surface area contributed by atoms with Gasteiger partial charge in [-0.3, -0.25) is 0 Å². The van der Waals surface area contributed by atoms with Crippen LogP contribution in [-0.2, 0) is 0 Å². The number of allylic oxidation sites excluding steroid dienone is 1. The molecule has 0 saturated heterocycles. The third-order valence-electron chi connectivity index (χ3n) is 3.54. The summed E-state index contributed by atoms with van der Waals surface area (Å²) in [6.45, 7) is 17.1. The summed E-state index contributed by atoms with van der Waals surface area (Å²) in [6.07, 6.45) is 6.75. The fourth-order valence-electron chi connectivity index (χ4n) is 1.75. The summed E-state index contributed by atoms with van der Waals surface area (Å²) >= 11 is 0. The zero-order valence-corrected chi connectivity index (χ0v) is 14.6. The van der Waals surface area contributed by atoms with Gasteiger partial charge in [-0.1, -0.05) is 83.7 Å². The first kappa shape index (κ1) is 16.2. The summed E-state index contributed by atoms with van der Waals surface area (Å²) in [7, 11) is -2.00. The van der Waals surface area contributed by atoms with Gasteiger partial charge in [-0.15, -0.1) is 0 Å². The van der Waals surface area contributed by atoms with Gasteiger partial charge in [0.2, 0.25) is 0 Å². The van der Waals surface area contributed by atoms with Crippen LogP contribution in [0.5, 0.6) is 0 Å². The zero-order valence-electron chi connectivity index (χ0n) is 12.6. The Labute approximate surface area is 106 Å². The highest BCUT2D eigenvalue weighted by atomic mass is 28.3. The van der Waals surface area contributed by atoms with Crippen molar-refractivity contribution >= 4 is 16.1 Å². The molecule has 16 heavy (non-hydrogen) atoms. The molecule has 0 aromatic carbocycles. The summed E-state index contributed by atoms with van der Waals surface area (Å²) in [5.41, 5.74) is 3.38. The second-order valence-electron chi connectivity index (χ2n) is 6.96. The van der Waals surface area contributed by atoms with E-state index in [4.69, 9.17) is 0 Å². The minimum Gasteiger partial charge on any atom is -0.0989 e. The molecule has 0 aromatic heterocycles. The van der Waals surface area contributed by atoms with Crippen molar-refractivity contribution in [3.8, 4) is 0 Å². The molecule has 2 heteroatoms. The average molecular weight is 257 g/mol. The Morgan fingerprint density at radius 1 is 1.00 bits per heavy atom. The van der Waals surface area contributed by atoms with Gasteiger partial charge < -0.3 is 0 Å². The highest BCUT2D eigenvalue weighted by Gasteiger charge is 2.26. The van der Waals surface area contributed by atoms with E-state index < -0.39 is 16.1 Å². The van der Waals surface area contributed by atoms with Crippen LogP contribution in [0.1, 0.15) is 33.1 Å². The maximum Gasteiger partial charge on any atom is 0.0682 e. The van der Waals surface area contributed by atoms with E-state index in [9.17, 15) is 0 Å². The highest BCUT2D eigenvalue weighted by Crippen LogP contribution is 2.29. The van der Waals surface area contributed by atoms with Crippen molar-refractivity contribution in [2.24, 2.45) is 0 Å². The van der Waals surface area contributed by atoms with Crippen LogP contribution in [0.4, 0.5) is 0 Å². The van der Waals surface area contributed by atoms with Gasteiger partial charge in [0.25, 0.3) is 0 Å². The molecule has 0 aliphatic rings. The standard InChI is InChI=1S/C14H32Si2/c1-8-9-10-12-16(6,7)14(2)11-13-15(3,4)5/h11,13-14H,8-10,12H2,1-7H3/b13-11+. The summed E-state index contributed by atoms with van der Waals surface area (Å²) in [5.74, 6) is 0. The summed E-state index contributed by atoms with van der Waals surface area (Å²) < 4.78 is 0. The Morgan fingerprint density at radius 3 is 2.00 bits per heavy atom. The van der Waals surface area contributed by atoms with Gasteiger partial charge in [0.15, 0.2) is 0 Å². The van der Waals surface area contributed by atoms with Crippen LogP contribution in [0, 0.1) is 0 Å². The normalized spacial score (nSPS) is 15.7. The van der Waals surface area contributed by atoms with Crippen LogP contribution in [-0.4, -0.2) is 16.1 Å². The lowest BCUT2D eigenvalue weighted by Crippen LogP contribution is -2.30. The van der Waals surface area contributed by atoms with Gasteiger partial charge in [0.1, 0.15) is 0 Å². The minimum atomic E-state index is -1.01. The smallest absolute Gasteiger partial charge is 0.0682 e. The van der Waals surface area contributed by atoms with Gasteiger partial charge in [-0.25, -0.2) is 0 Å². The van der Waals surface area contributed by atoms with E-state index in [0.29, 0.717) is 0 Å². The van der Waals surface area contributed by atoms with E-state index in [1.54, 1.807) is 0 Å². The van der Waals surface area contributed by atoms with Gasteiger partial charge in [0.05, 0.1) is 16.1 Å². The molecule has 0 radical (unpaired) electrons. The lowest BCUT2D eigenvalue weighted by Gasteiger charge is -2.28. The predicted octanol–water partition coefficient (Wildman–Crippen LogP) is 5.71. The second-order valence-corrected chi connectivity index (χ2v) is 17.4. The lowest BCUT2D eigenvalue weighted by molar-refractivity contribution is 0.758. The molecule has 0 aliphatic carbocycles. The summed E-state index contributed by atoms with van der Waals surface area (Å²) in [5, 5.41) is 0. The largest absolute Gasteiger partial charge is 0.0989 e. The Hall–Kier alpha value is 0.174. The number of hydrogen-bond donors (Lipinski definition) is 0. The zero-order chi connectivity index (χ0) is 12.8. The van der Waals surface area contributed by atoms with E-state index in [1.165, 1.54) is 25.3 Å². The van der Waals surface area contributed by atoms with Crippen molar-refractivity contribution in [2.75, 3.05) is 0 Å². The summed E-state index contributed by atoms with van der Waals surface area (Å²) in [6, 6.07) is 1.50. The maximum atomic E-state index is 2.56. The van der Waals surface area contributed by atoms with Crippen LogP contribution in [0.15, 0.2) is 11.8 Å². The fourth-order valence-corrected chi connectivity index (χ4v) is 5.04. The van der Waals surface area contributed by atoms with E-state index in [2.05, 4.69) is 58.4 Å². The Kier molecular flexibility index (Phi) is 6.87. The lowest BCUT2D eigenvalue weighted by atomic mass is 10.3. The molecule has 0 amide bonds. The van der Waals surface area contributed by atoms with Gasteiger partial charge in [0, 0.05) is 0 Å². The molecule has 0 nitrogen and oxygen atoms in total. The first-order valence-corrected chi connectivity index (χ1v) is 13.7. The first-order chi connectivity index (χ1) is 7.19. The maximum absolute atomic E-state index is 2.56. The van der Waals surface area contributed by atoms with Crippen molar-refractivity contribution in [1.29, 1.82) is 0 Å². The first-order valence-electron chi connectivity index (χ1n) is 6.88. The molecule has 0 aliphatic heterocycles. The monoisotopic (exact) mass is 256 g/mol. The van der Waals surface area contributed by atoms with Crippen molar-refractivity contribution in [3.63, 3.8) is 0 Å². The van der Waals surface area contributed by atoms with E-state index in [1.807, 2.05) is 0 Å². The van der Waals surface area contributed by atoms with Crippen LogP contribution in [0.3, 0.4) is 0 Å². The molecule has 0 saturated carbocycles. The van der Waals surface area contributed by atoms with Crippen LogP contribution < -0.4 is 0 Å². The molecule has 0 aromatic rings. The Morgan fingerprint density at radius 2 is 1.56 bits per heavy atom. The molecule has 1 unspecified atom stereocenters. The van der Waals surface area contributed by atoms with Crippen molar-refractivity contribution < 1.29 is 0 Å². The Balaban J connectivity index is 4.23. The number of unbranched alkanes of at least 4 members (excludes halogenated alkanes) is 2. The Bertz CT molecular complexity index is 211. The quantitative estimate of drug-likeness (QED) is 0.404. The van der Waals surface area contributed by atoms with Crippen molar-refractivity contribution in [1.82, 2.24) is 0 Å². The molecule has 0 bridgehead atoms. The van der Waals surface area contributed by atoms with Gasteiger partial charge in [-0.05, 0) is 5.54 Å². The third-order valence-corrected chi connectivity index (χ3v) is 9.03. The fraction of sp³-hybridized carbons (Fsp3) is 0.857. The SMILES string of the molecule is CCCCC[Si](C)(C)C(C)/C=C/[Si](C)(C)C. The van der Waals surface area contributed by atoms with Crippen LogP contribution in [0.2, 0.25) is 44.3 Å². The highest BCUT2D eigenvalue weighted by molar-refractivity contribution is 6.82. The topological polar surface area (TPSA) is 0 Å². The molecule has 0 heterocycles. The van der Waals surface area contributed by atoms with E-state index in [-0.39, 0.29) is 0 Å². The molecule has 0 spiro atoms. The average Bonchev–Trinajstić information content (AvgIpc) is 2.13. The minimum absolute atomic E-state index is 0.844. The number of hydrogen-bond acceptors (Lipinski definition) is 0.